The van der Waals surface area contributed by atoms with Gasteiger partial charge >= 0.3 is 0 Å². The Kier molecular flexibility index (Phi) is 4.52. The smallest absolute Gasteiger partial charge is 0.285 e. The number of nitrogens with zero attached hydrogens (tertiary/aromatic N) is 2. The van der Waals surface area contributed by atoms with Crippen molar-refractivity contribution < 1.29 is 14.1 Å². The normalized spacial score (nSPS) is 22.1. The molecule has 2 unspecified atom stereocenters. The first-order chi connectivity index (χ1) is 9.93. The molecule has 21 heavy (non-hydrogen) atoms. The molecule has 0 radical (unpaired) electrons. The van der Waals surface area contributed by atoms with Gasteiger partial charge in [-0.15, -0.1) is 0 Å². The lowest BCUT2D eigenvalue weighted by Crippen LogP contribution is -2.45. The van der Waals surface area contributed by atoms with E-state index in [-0.39, 0.29) is 11.5 Å². The number of benzene rings is 1. The van der Waals surface area contributed by atoms with Gasteiger partial charge in [0.05, 0.1) is 11.0 Å². The number of hydrogen-bond donors (Lipinski definition) is 1. The van der Waals surface area contributed by atoms with Crippen LogP contribution in [0.5, 0.6) is 0 Å². The van der Waals surface area contributed by atoms with Crippen molar-refractivity contribution in [1.82, 2.24) is 4.90 Å². The van der Waals surface area contributed by atoms with E-state index in [4.69, 9.17) is 5.73 Å². The summed E-state index contributed by atoms with van der Waals surface area (Å²) in [5.41, 5.74) is 5.12. The van der Waals surface area contributed by atoms with Gasteiger partial charge in [-0.3, -0.25) is 14.9 Å². The van der Waals surface area contributed by atoms with Crippen LogP contribution in [0.1, 0.15) is 23.7 Å². The van der Waals surface area contributed by atoms with E-state index in [1.54, 1.807) is 4.90 Å². The first kappa shape index (κ1) is 15.4. The van der Waals surface area contributed by atoms with Crippen LogP contribution in [0.15, 0.2) is 18.2 Å². The van der Waals surface area contributed by atoms with Crippen molar-refractivity contribution in [3.8, 4) is 0 Å². The van der Waals surface area contributed by atoms with Gasteiger partial charge in [0.2, 0.25) is 0 Å². The maximum Gasteiger partial charge on any atom is 0.285 e. The van der Waals surface area contributed by atoms with Gasteiger partial charge in [0, 0.05) is 13.1 Å². The summed E-state index contributed by atoms with van der Waals surface area (Å²) >= 11 is 0. The van der Waals surface area contributed by atoms with Gasteiger partial charge in [-0.2, -0.15) is 0 Å². The molecule has 0 saturated carbocycles. The van der Waals surface area contributed by atoms with E-state index in [2.05, 4.69) is 6.92 Å². The molecular weight excluding hydrogens is 277 g/mol. The SMILES string of the molecule is CC1CCN(C(=O)c2ccc(F)cc2[N+](=O)[O-])CC1CN. The number of amides is 1. The Morgan fingerprint density at radius 2 is 2.29 bits per heavy atom. The van der Waals surface area contributed by atoms with E-state index in [1.807, 2.05) is 0 Å². The average molecular weight is 295 g/mol. The van der Waals surface area contributed by atoms with Crippen molar-refractivity contribution in [2.24, 2.45) is 17.6 Å². The van der Waals surface area contributed by atoms with Crippen LogP contribution in [0.2, 0.25) is 0 Å². The third-order valence-corrected chi connectivity index (χ3v) is 4.09. The maximum absolute atomic E-state index is 13.1. The number of carbonyl (C=O) groups excluding carboxylic acids is 1. The molecule has 0 bridgehead atoms. The summed E-state index contributed by atoms with van der Waals surface area (Å²) in [4.78, 5) is 24.3. The summed E-state index contributed by atoms with van der Waals surface area (Å²) in [6.07, 6.45) is 0.808. The number of halogens is 1. The fourth-order valence-electron chi connectivity index (χ4n) is 2.65. The topological polar surface area (TPSA) is 89.5 Å². The number of nitro benzene ring substituents is 1. The molecule has 1 heterocycles. The molecule has 7 heteroatoms. The first-order valence-electron chi connectivity index (χ1n) is 6.87. The van der Waals surface area contributed by atoms with E-state index in [9.17, 15) is 19.3 Å². The number of nitrogens with two attached hydrogens (primary N) is 1. The molecule has 0 spiro atoms. The molecule has 1 fully saturated rings. The molecule has 1 aromatic rings. The van der Waals surface area contributed by atoms with Crippen molar-refractivity contribution in [3.63, 3.8) is 0 Å². The largest absolute Gasteiger partial charge is 0.338 e. The molecule has 1 amide bonds. The Hall–Kier alpha value is -2.02. The molecule has 2 N–H and O–H groups in total. The summed E-state index contributed by atoms with van der Waals surface area (Å²) in [6, 6.07) is 3.01. The van der Waals surface area contributed by atoms with Gasteiger partial charge in [-0.1, -0.05) is 6.92 Å². The van der Waals surface area contributed by atoms with Gasteiger partial charge in [0.15, 0.2) is 0 Å². The molecular formula is C14H18FN3O3. The zero-order valence-electron chi connectivity index (χ0n) is 11.8. The van der Waals surface area contributed by atoms with Crippen LogP contribution in [-0.4, -0.2) is 35.4 Å². The molecule has 0 aliphatic carbocycles. The van der Waals surface area contributed by atoms with E-state index in [1.165, 1.54) is 6.07 Å². The third-order valence-electron chi connectivity index (χ3n) is 4.09. The Morgan fingerprint density at radius 1 is 1.57 bits per heavy atom. The van der Waals surface area contributed by atoms with Crippen molar-refractivity contribution in [2.45, 2.75) is 13.3 Å². The highest BCUT2D eigenvalue weighted by molar-refractivity contribution is 5.98. The van der Waals surface area contributed by atoms with Crippen LogP contribution in [0, 0.1) is 27.8 Å². The Balaban J connectivity index is 2.26. The average Bonchev–Trinajstić information content (AvgIpc) is 2.47. The Labute approximate surface area is 121 Å². The number of rotatable bonds is 3. The van der Waals surface area contributed by atoms with Crippen LogP contribution in [-0.2, 0) is 0 Å². The van der Waals surface area contributed by atoms with Crippen LogP contribution in [0.25, 0.3) is 0 Å². The predicted octanol–water partition coefficient (Wildman–Crippen LogP) is 1.79. The van der Waals surface area contributed by atoms with Gasteiger partial charge in [-0.05, 0) is 36.9 Å². The highest BCUT2D eigenvalue weighted by Gasteiger charge is 2.31. The van der Waals surface area contributed by atoms with Gasteiger partial charge in [0.1, 0.15) is 11.4 Å². The minimum Gasteiger partial charge on any atom is -0.338 e. The summed E-state index contributed by atoms with van der Waals surface area (Å²) in [5.74, 6) is -0.568. The highest BCUT2D eigenvalue weighted by atomic mass is 19.1. The number of piperidine rings is 1. The zero-order chi connectivity index (χ0) is 15.6. The fourth-order valence-corrected chi connectivity index (χ4v) is 2.65. The first-order valence-corrected chi connectivity index (χ1v) is 6.87. The molecule has 0 aromatic heterocycles. The minimum atomic E-state index is -0.733. The van der Waals surface area contributed by atoms with E-state index in [0.717, 1.165) is 18.6 Å². The van der Waals surface area contributed by atoms with Crippen molar-refractivity contribution in [3.05, 3.63) is 39.7 Å². The summed E-state index contributed by atoms with van der Waals surface area (Å²) in [6.45, 7) is 3.56. The maximum atomic E-state index is 13.1. The van der Waals surface area contributed by atoms with Crippen LogP contribution in [0.4, 0.5) is 10.1 Å². The molecule has 1 aromatic carbocycles. The number of hydrogen-bond acceptors (Lipinski definition) is 4. The molecule has 2 atom stereocenters. The fraction of sp³-hybridized carbons (Fsp3) is 0.500. The van der Waals surface area contributed by atoms with Gasteiger partial charge in [-0.25, -0.2) is 4.39 Å². The molecule has 1 aliphatic heterocycles. The summed E-state index contributed by atoms with van der Waals surface area (Å²) < 4.78 is 13.1. The van der Waals surface area contributed by atoms with Crippen molar-refractivity contribution in [1.29, 1.82) is 0 Å². The summed E-state index contributed by atoms with van der Waals surface area (Å²) in [5, 5.41) is 11.0. The lowest BCUT2D eigenvalue weighted by Gasteiger charge is -2.36. The predicted molar refractivity (Wildman–Crippen MR) is 75.3 cm³/mol. The Bertz CT molecular complexity index is 564. The number of carbonyl (C=O) groups is 1. The van der Waals surface area contributed by atoms with E-state index >= 15 is 0 Å². The van der Waals surface area contributed by atoms with Gasteiger partial charge in [0.25, 0.3) is 11.6 Å². The third kappa shape index (κ3) is 3.18. The molecule has 2 rings (SSSR count). The van der Waals surface area contributed by atoms with Crippen molar-refractivity contribution >= 4 is 11.6 Å². The van der Waals surface area contributed by atoms with Crippen LogP contribution >= 0.6 is 0 Å². The molecule has 1 saturated heterocycles. The lowest BCUT2D eigenvalue weighted by atomic mass is 9.87. The second-order valence-electron chi connectivity index (χ2n) is 5.43. The van der Waals surface area contributed by atoms with Gasteiger partial charge < -0.3 is 10.6 Å². The number of nitro groups is 1. The highest BCUT2D eigenvalue weighted by Crippen LogP contribution is 2.26. The lowest BCUT2D eigenvalue weighted by molar-refractivity contribution is -0.385. The van der Waals surface area contributed by atoms with Crippen LogP contribution in [0.3, 0.4) is 0 Å². The Morgan fingerprint density at radius 3 is 2.90 bits per heavy atom. The zero-order valence-corrected chi connectivity index (χ0v) is 11.8. The van der Waals surface area contributed by atoms with E-state index in [0.29, 0.717) is 25.6 Å². The van der Waals surface area contributed by atoms with Crippen molar-refractivity contribution in [2.75, 3.05) is 19.6 Å². The second-order valence-corrected chi connectivity index (χ2v) is 5.43. The van der Waals surface area contributed by atoms with E-state index < -0.39 is 22.3 Å². The number of likely N-dealkylation sites (tertiary alicyclic amines) is 1. The molecule has 1 aliphatic rings. The standard InChI is InChI=1S/C14H18FN3O3/c1-9-4-5-17(8-10(9)7-16)14(19)12-3-2-11(15)6-13(12)18(20)21/h2-3,6,9-10H,4-5,7-8,16H2,1H3. The minimum absolute atomic E-state index is 0.0771. The molecule has 6 nitrogen and oxygen atoms in total. The molecule has 114 valence electrons. The monoisotopic (exact) mass is 295 g/mol. The summed E-state index contributed by atoms with van der Waals surface area (Å²) in [7, 11) is 0. The quantitative estimate of drug-likeness (QED) is 0.680. The van der Waals surface area contributed by atoms with Crippen LogP contribution < -0.4 is 5.73 Å². The second kappa shape index (κ2) is 6.17.